The standard InChI is InChI=1S/C21H31N3O4/c1-15-4-3-5-16(12-15)21(27)23-9-6-17(7-10-23)24-14-18(25)13-19(24)20(26)22-8-11-28-2/h3-5,12,17-19,25H,6-11,13-14H2,1-2H3,(H,22,26)/t18-,19+/m1/s1. The predicted molar refractivity (Wildman–Crippen MR) is 106 cm³/mol. The molecule has 1 aromatic carbocycles. The van der Waals surface area contributed by atoms with Crippen molar-refractivity contribution in [2.75, 3.05) is 39.9 Å². The Morgan fingerprint density at radius 1 is 1.29 bits per heavy atom. The highest BCUT2D eigenvalue weighted by Gasteiger charge is 2.40. The monoisotopic (exact) mass is 389 g/mol. The van der Waals surface area contributed by atoms with Crippen molar-refractivity contribution in [2.45, 2.75) is 44.4 Å². The number of benzene rings is 1. The molecule has 7 heteroatoms. The van der Waals surface area contributed by atoms with E-state index in [1.54, 1.807) is 7.11 Å². The number of nitrogens with zero attached hydrogens (tertiary/aromatic N) is 2. The Bertz CT molecular complexity index is 688. The van der Waals surface area contributed by atoms with Gasteiger partial charge < -0.3 is 20.1 Å². The van der Waals surface area contributed by atoms with E-state index in [0.717, 1.165) is 24.0 Å². The number of ether oxygens (including phenoxy) is 1. The number of aliphatic hydroxyl groups is 1. The number of aliphatic hydroxyl groups excluding tert-OH is 1. The van der Waals surface area contributed by atoms with Crippen LogP contribution in [0.3, 0.4) is 0 Å². The predicted octanol–water partition coefficient (Wildman–Crippen LogP) is 0.797. The molecule has 0 radical (unpaired) electrons. The zero-order valence-electron chi connectivity index (χ0n) is 16.8. The van der Waals surface area contributed by atoms with E-state index >= 15 is 0 Å². The third-order valence-corrected chi connectivity index (χ3v) is 5.71. The minimum Gasteiger partial charge on any atom is -0.392 e. The number of rotatable bonds is 6. The lowest BCUT2D eigenvalue weighted by Crippen LogP contribution is -2.52. The molecule has 0 unspecified atom stereocenters. The number of β-amino-alcohol motifs (C(OH)–C–C–N with tert-alkyl or cyclic N) is 1. The molecular weight excluding hydrogens is 358 g/mol. The fourth-order valence-corrected chi connectivity index (χ4v) is 4.25. The average molecular weight is 389 g/mol. The smallest absolute Gasteiger partial charge is 0.253 e. The summed E-state index contributed by atoms with van der Waals surface area (Å²) in [6.45, 7) is 4.78. The molecule has 0 aliphatic carbocycles. The summed E-state index contributed by atoms with van der Waals surface area (Å²) in [4.78, 5) is 29.3. The number of carbonyl (C=O) groups is 2. The maximum Gasteiger partial charge on any atom is 0.253 e. The van der Waals surface area contributed by atoms with Crippen LogP contribution in [0.4, 0.5) is 0 Å². The summed E-state index contributed by atoms with van der Waals surface area (Å²) < 4.78 is 4.98. The highest BCUT2D eigenvalue weighted by atomic mass is 16.5. The molecule has 0 saturated carbocycles. The van der Waals surface area contributed by atoms with Crippen molar-refractivity contribution in [1.29, 1.82) is 0 Å². The minimum atomic E-state index is -0.481. The molecule has 0 spiro atoms. The quantitative estimate of drug-likeness (QED) is 0.704. The van der Waals surface area contributed by atoms with Crippen LogP contribution < -0.4 is 5.32 Å². The molecule has 2 aliphatic rings. The second kappa shape index (κ2) is 9.49. The maximum absolute atomic E-state index is 12.7. The van der Waals surface area contributed by atoms with Gasteiger partial charge in [-0.05, 0) is 38.3 Å². The van der Waals surface area contributed by atoms with Crippen LogP contribution in [0.15, 0.2) is 24.3 Å². The second-order valence-electron chi connectivity index (χ2n) is 7.78. The average Bonchev–Trinajstić information content (AvgIpc) is 3.09. The van der Waals surface area contributed by atoms with Crippen LogP contribution in [0.1, 0.15) is 35.2 Å². The Morgan fingerprint density at radius 3 is 2.71 bits per heavy atom. The molecule has 28 heavy (non-hydrogen) atoms. The van der Waals surface area contributed by atoms with Gasteiger partial charge in [0.05, 0.1) is 18.8 Å². The molecule has 0 bridgehead atoms. The Balaban J connectivity index is 1.57. The van der Waals surface area contributed by atoms with Gasteiger partial charge in [-0.3, -0.25) is 14.5 Å². The molecule has 7 nitrogen and oxygen atoms in total. The van der Waals surface area contributed by atoms with Crippen LogP contribution in [-0.2, 0) is 9.53 Å². The molecule has 2 atom stereocenters. The van der Waals surface area contributed by atoms with Gasteiger partial charge in [0.15, 0.2) is 0 Å². The largest absolute Gasteiger partial charge is 0.392 e. The molecule has 2 fully saturated rings. The maximum atomic E-state index is 12.7. The molecule has 2 aliphatic heterocycles. The van der Waals surface area contributed by atoms with Crippen LogP contribution in [0.2, 0.25) is 0 Å². The first-order chi connectivity index (χ1) is 13.5. The number of amides is 2. The molecular formula is C21H31N3O4. The number of hydrogen-bond acceptors (Lipinski definition) is 5. The van der Waals surface area contributed by atoms with E-state index in [9.17, 15) is 14.7 Å². The summed E-state index contributed by atoms with van der Waals surface area (Å²) in [5.41, 5.74) is 1.81. The number of nitrogens with one attached hydrogen (secondary N) is 1. The van der Waals surface area contributed by atoms with Crippen LogP contribution in [0.25, 0.3) is 0 Å². The van der Waals surface area contributed by atoms with Gasteiger partial charge in [0.2, 0.25) is 5.91 Å². The topological polar surface area (TPSA) is 82.1 Å². The number of likely N-dealkylation sites (tertiary alicyclic amines) is 2. The number of hydrogen-bond donors (Lipinski definition) is 2. The van der Waals surface area contributed by atoms with Gasteiger partial charge in [-0.15, -0.1) is 0 Å². The normalized spacial score (nSPS) is 23.8. The van der Waals surface area contributed by atoms with Gasteiger partial charge in [-0.2, -0.15) is 0 Å². The first-order valence-corrected chi connectivity index (χ1v) is 10.1. The summed E-state index contributed by atoms with van der Waals surface area (Å²) >= 11 is 0. The van der Waals surface area contributed by atoms with E-state index < -0.39 is 6.10 Å². The Hall–Kier alpha value is -1.96. The first kappa shape index (κ1) is 20.8. The lowest BCUT2D eigenvalue weighted by Gasteiger charge is -2.39. The highest BCUT2D eigenvalue weighted by molar-refractivity contribution is 5.94. The SMILES string of the molecule is COCCNC(=O)[C@@H]1C[C@@H](O)CN1C1CCN(C(=O)c2cccc(C)c2)CC1. The number of carbonyl (C=O) groups excluding carboxylic acids is 2. The molecule has 0 aromatic heterocycles. The van der Waals surface area contributed by atoms with Crippen molar-refractivity contribution in [3.8, 4) is 0 Å². The fourth-order valence-electron chi connectivity index (χ4n) is 4.25. The number of piperidine rings is 1. The zero-order chi connectivity index (χ0) is 20.1. The van der Waals surface area contributed by atoms with Gasteiger partial charge in [0.25, 0.3) is 5.91 Å². The molecule has 154 valence electrons. The van der Waals surface area contributed by atoms with Crippen molar-refractivity contribution >= 4 is 11.8 Å². The summed E-state index contributed by atoms with van der Waals surface area (Å²) in [6, 6.07) is 7.57. The number of aryl methyl sites for hydroxylation is 1. The highest BCUT2D eigenvalue weighted by Crippen LogP contribution is 2.27. The number of methoxy groups -OCH3 is 1. The van der Waals surface area contributed by atoms with Crippen LogP contribution >= 0.6 is 0 Å². The molecule has 2 N–H and O–H groups in total. The van der Waals surface area contributed by atoms with Crippen molar-refractivity contribution in [3.05, 3.63) is 35.4 Å². The van der Waals surface area contributed by atoms with Crippen molar-refractivity contribution < 1.29 is 19.4 Å². The minimum absolute atomic E-state index is 0.0492. The van der Waals surface area contributed by atoms with Gasteiger partial charge in [0, 0.05) is 44.9 Å². The summed E-state index contributed by atoms with van der Waals surface area (Å²) in [5, 5.41) is 13.0. The van der Waals surface area contributed by atoms with E-state index in [1.165, 1.54) is 0 Å². The molecule has 3 rings (SSSR count). The van der Waals surface area contributed by atoms with E-state index in [4.69, 9.17) is 4.74 Å². The van der Waals surface area contributed by atoms with E-state index in [2.05, 4.69) is 10.2 Å². The van der Waals surface area contributed by atoms with Gasteiger partial charge in [0.1, 0.15) is 0 Å². The van der Waals surface area contributed by atoms with Crippen molar-refractivity contribution in [2.24, 2.45) is 0 Å². The van der Waals surface area contributed by atoms with E-state index in [0.29, 0.717) is 39.2 Å². The van der Waals surface area contributed by atoms with Gasteiger partial charge >= 0.3 is 0 Å². The zero-order valence-corrected chi connectivity index (χ0v) is 16.8. The lowest BCUT2D eigenvalue weighted by molar-refractivity contribution is -0.126. The third-order valence-electron chi connectivity index (χ3n) is 5.71. The van der Waals surface area contributed by atoms with E-state index in [1.807, 2.05) is 36.1 Å². The first-order valence-electron chi connectivity index (χ1n) is 10.1. The fraction of sp³-hybridized carbons (Fsp3) is 0.619. The summed E-state index contributed by atoms with van der Waals surface area (Å²) in [6.07, 6.45) is 1.60. The van der Waals surface area contributed by atoms with Crippen LogP contribution in [0.5, 0.6) is 0 Å². The molecule has 2 heterocycles. The molecule has 2 amide bonds. The molecule has 2 saturated heterocycles. The Morgan fingerprint density at radius 2 is 2.04 bits per heavy atom. The van der Waals surface area contributed by atoms with Crippen molar-refractivity contribution in [1.82, 2.24) is 15.1 Å². The van der Waals surface area contributed by atoms with Gasteiger partial charge in [-0.1, -0.05) is 17.7 Å². The summed E-state index contributed by atoms with van der Waals surface area (Å²) in [7, 11) is 1.60. The second-order valence-corrected chi connectivity index (χ2v) is 7.78. The lowest BCUT2D eigenvalue weighted by atomic mass is 10.0. The van der Waals surface area contributed by atoms with E-state index in [-0.39, 0.29) is 23.9 Å². The Labute approximate surface area is 166 Å². The van der Waals surface area contributed by atoms with Crippen LogP contribution in [0, 0.1) is 6.92 Å². The summed E-state index contributed by atoms with van der Waals surface area (Å²) in [5.74, 6) is 0.0179. The molecule has 1 aromatic rings. The third kappa shape index (κ3) is 4.90. The van der Waals surface area contributed by atoms with Gasteiger partial charge in [-0.25, -0.2) is 0 Å². The van der Waals surface area contributed by atoms with Crippen molar-refractivity contribution in [3.63, 3.8) is 0 Å². The Kier molecular flexibility index (Phi) is 7.04. The van der Waals surface area contributed by atoms with Crippen LogP contribution in [-0.4, -0.2) is 84.8 Å².